The molecule has 0 fully saturated rings. The second-order valence-corrected chi connectivity index (χ2v) is 7.64. The number of hydrogen-bond donors (Lipinski definition) is 0. The topological polar surface area (TPSA) is 27.7 Å². The van der Waals surface area contributed by atoms with Gasteiger partial charge >= 0.3 is 0 Å². The minimum absolute atomic E-state index is 0.00164. The van der Waals surface area contributed by atoms with Crippen molar-refractivity contribution in [1.82, 2.24) is 0 Å². The zero-order valence-corrected chi connectivity index (χ0v) is 17.5. The van der Waals surface area contributed by atoms with Gasteiger partial charge in [0.05, 0.1) is 20.3 Å². The van der Waals surface area contributed by atoms with Crippen molar-refractivity contribution in [1.29, 1.82) is 0 Å². The van der Waals surface area contributed by atoms with Crippen LogP contribution in [0.25, 0.3) is 5.57 Å². The van der Waals surface area contributed by atoms with E-state index >= 15 is 0 Å². The van der Waals surface area contributed by atoms with Crippen molar-refractivity contribution >= 4 is 5.57 Å². The standard InChI is InChI=1S/C22H34O3/c1-12(2)16(9)19-17(13(3)4)20(23-10)22(25-15(7)8)21(24-11)18(19)14(5)6/h12-15H,1-8,10-11H3. The second kappa shape index (κ2) is 8.64. The highest BCUT2D eigenvalue weighted by atomic mass is 16.5. The van der Waals surface area contributed by atoms with Crippen LogP contribution in [0.2, 0.25) is 0 Å². The minimum atomic E-state index is -0.00164. The molecular formula is C22H34O3. The molecule has 0 unspecified atom stereocenters. The molecule has 1 aromatic rings. The smallest absolute Gasteiger partial charge is 0.204 e. The van der Waals surface area contributed by atoms with E-state index in [1.807, 2.05) is 27.7 Å². The molecular weight excluding hydrogens is 312 g/mol. The average molecular weight is 347 g/mol. The van der Waals surface area contributed by atoms with Gasteiger partial charge in [0.2, 0.25) is 5.75 Å². The molecule has 0 spiro atoms. The molecule has 0 aromatic heterocycles. The Morgan fingerprint density at radius 3 is 1.36 bits per heavy atom. The van der Waals surface area contributed by atoms with Gasteiger partial charge in [-0.15, -0.1) is 0 Å². The Balaban J connectivity index is 4.07. The van der Waals surface area contributed by atoms with Gasteiger partial charge in [0.15, 0.2) is 11.5 Å². The average Bonchev–Trinajstić information content (AvgIpc) is 2.51. The third kappa shape index (κ3) is 4.31. The van der Waals surface area contributed by atoms with Crippen LogP contribution in [0.15, 0.2) is 0 Å². The van der Waals surface area contributed by atoms with Gasteiger partial charge in [0.1, 0.15) is 0 Å². The maximum atomic E-state index is 8.76. The molecule has 3 nitrogen and oxygen atoms in total. The van der Waals surface area contributed by atoms with E-state index in [0.29, 0.717) is 22.8 Å². The van der Waals surface area contributed by atoms with Crippen molar-refractivity contribution in [2.75, 3.05) is 14.2 Å². The van der Waals surface area contributed by atoms with Crippen molar-refractivity contribution in [3.8, 4) is 17.2 Å². The Morgan fingerprint density at radius 1 is 0.720 bits per heavy atom. The van der Waals surface area contributed by atoms with Gasteiger partial charge in [-0.25, -0.2) is 0 Å². The van der Waals surface area contributed by atoms with Crippen LogP contribution in [0.4, 0.5) is 0 Å². The lowest BCUT2D eigenvalue weighted by atomic mass is 9.80. The summed E-state index contributed by atoms with van der Waals surface area (Å²) in [7, 11) is 3.32. The first-order valence-corrected chi connectivity index (χ1v) is 9.15. The van der Waals surface area contributed by atoms with Crippen LogP contribution < -0.4 is 14.2 Å². The number of rotatable bonds is 8. The first-order chi connectivity index (χ1) is 11.6. The second-order valence-electron chi connectivity index (χ2n) is 7.64. The number of methoxy groups -OCH3 is 2. The van der Waals surface area contributed by atoms with E-state index in [0.717, 1.165) is 16.7 Å². The van der Waals surface area contributed by atoms with Gasteiger partial charge in [-0.05, 0) is 49.3 Å². The van der Waals surface area contributed by atoms with E-state index in [9.17, 15) is 0 Å². The molecule has 0 saturated carbocycles. The molecule has 0 heterocycles. The van der Waals surface area contributed by atoms with E-state index in [1.54, 1.807) is 14.2 Å². The van der Waals surface area contributed by atoms with E-state index < -0.39 is 0 Å². The monoisotopic (exact) mass is 346 g/mol. The molecule has 0 N–H and O–H groups in total. The summed E-state index contributed by atoms with van der Waals surface area (Å²) >= 11 is 0. The highest BCUT2D eigenvalue weighted by Crippen LogP contribution is 2.52. The summed E-state index contributed by atoms with van der Waals surface area (Å²) in [6.45, 7) is 25.4. The van der Waals surface area contributed by atoms with Gasteiger partial charge in [0.25, 0.3) is 0 Å². The lowest BCUT2D eigenvalue weighted by Gasteiger charge is -2.30. The minimum Gasteiger partial charge on any atom is -0.492 e. The van der Waals surface area contributed by atoms with Crippen molar-refractivity contribution in [3.05, 3.63) is 23.3 Å². The Morgan fingerprint density at radius 2 is 1.12 bits per heavy atom. The summed E-state index contributed by atoms with van der Waals surface area (Å²) in [6, 6.07) is 0. The summed E-state index contributed by atoms with van der Waals surface area (Å²) in [4.78, 5) is 0. The molecule has 0 amide bonds. The van der Waals surface area contributed by atoms with Crippen LogP contribution in [0.3, 0.4) is 0 Å². The molecule has 0 saturated heterocycles. The van der Waals surface area contributed by atoms with E-state index in [4.69, 9.17) is 20.8 Å². The molecule has 1 aromatic carbocycles. The Kier molecular flexibility index (Phi) is 7.40. The van der Waals surface area contributed by atoms with E-state index in [1.165, 1.54) is 0 Å². The number of ether oxygens (including phenoxy) is 3. The number of allylic oxidation sites excluding steroid dienone is 1. The van der Waals surface area contributed by atoms with E-state index in [-0.39, 0.29) is 23.9 Å². The summed E-state index contributed by atoms with van der Waals surface area (Å²) in [5.41, 5.74) is 3.62. The zero-order valence-electron chi connectivity index (χ0n) is 17.5. The quantitative estimate of drug-likeness (QED) is 0.570. The normalized spacial score (nSPS) is 11.6. The molecule has 140 valence electrons. The third-order valence-electron chi connectivity index (χ3n) is 4.20. The predicted octanol–water partition coefficient (Wildman–Crippen LogP) is 6.09. The molecule has 0 bridgehead atoms. The summed E-state index contributed by atoms with van der Waals surface area (Å²) in [5, 5.41) is 0. The highest BCUT2D eigenvalue weighted by Gasteiger charge is 2.31. The maximum Gasteiger partial charge on any atom is 0.204 e. The zero-order chi connectivity index (χ0) is 19.5. The fourth-order valence-electron chi connectivity index (χ4n) is 3.15. The molecule has 1 rings (SSSR count). The Labute approximate surface area is 154 Å². The van der Waals surface area contributed by atoms with Crippen LogP contribution in [0.5, 0.6) is 17.2 Å². The van der Waals surface area contributed by atoms with Crippen molar-refractivity contribution in [2.24, 2.45) is 5.92 Å². The highest BCUT2D eigenvalue weighted by molar-refractivity contribution is 5.79. The largest absolute Gasteiger partial charge is 0.492 e. The summed E-state index contributed by atoms with van der Waals surface area (Å²) in [5.74, 6) is 2.52. The van der Waals surface area contributed by atoms with Crippen LogP contribution in [-0.2, 0) is 0 Å². The van der Waals surface area contributed by atoms with Crippen molar-refractivity contribution in [3.63, 3.8) is 0 Å². The van der Waals surface area contributed by atoms with Gasteiger partial charge in [-0.3, -0.25) is 0 Å². The lowest BCUT2D eigenvalue weighted by Crippen LogP contribution is -2.15. The Bertz CT molecular complexity index is 573. The fraction of sp³-hybridized carbons (Fsp3) is 0.636. The van der Waals surface area contributed by atoms with Crippen LogP contribution in [-0.4, -0.2) is 20.3 Å². The molecule has 0 aliphatic rings. The van der Waals surface area contributed by atoms with Crippen molar-refractivity contribution in [2.45, 2.75) is 73.3 Å². The molecule has 0 aliphatic heterocycles. The molecule has 0 aliphatic carbocycles. The molecule has 0 atom stereocenters. The predicted molar refractivity (Wildman–Crippen MR) is 105 cm³/mol. The SMILES string of the molecule is [C]=C(c1c(C(C)C)c(OC)c(OC(C)C)c(OC)c1C(C)C)C(C)C. The first kappa shape index (κ1) is 21.4. The molecule has 25 heavy (non-hydrogen) atoms. The van der Waals surface area contributed by atoms with E-state index in [2.05, 4.69) is 27.7 Å². The lowest BCUT2D eigenvalue weighted by molar-refractivity contribution is 0.216. The van der Waals surface area contributed by atoms with Crippen LogP contribution >= 0.6 is 0 Å². The fourth-order valence-corrected chi connectivity index (χ4v) is 3.15. The van der Waals surface area contributed by atoms with Crippen LogP contribution in [0, 0.1) is 12.5 Å². The number of benzene rings is 1. The molecule has 3 heteroatoms. The van der Waals surface area contributed by atoms with Gasteiger partial charge < -0.3 is 14.2 Å². The summed E-state index contributed by atoms with van der Waals surface area (Å²) < 4.78 is 17.7. The van der Waals surface area contributed by atoms with Crippen LogP contribution in [0.1, 0.15) is 83.9 Å². The molecule has 2 radical (unpaired) electrons. The first-order valence-electron chi connectivity index (χ1n) is 9.15. The Hall–Kier alpha value is -1.64. The maximum absolute atomic E-state index is 8.76. The van der Waals surface area contributed by atoms with Gasteiger partial charge in [0, 0.05) is 11.1 Å². The van der Waals surface area contributed by atoms with Gasteiger partial charge in [-0.2, -0.15) is 0 Å². The van der Waals surface area contributed by atoms with Crippen molar-refractivity contribution < 1.29 is 14.2 Å². The third-order valence-corrected chi connectivity index (χ3v) is 4.20. The van der Waals surface area contributed by atoms with Gasteiger partial charge in [-0.1, -0.05) is 41.5 Å². The number of hydrogen-bond acceptors (Lipinski definition) is 3. The summed E-state index contributed by atoms with van der Waals surface area (Å²) in [6.07, 6.45) is -0.00164.